The second kappa shape index (κ2) is 7.04. The maximum absolute atomic E-state index is 11.6. The van der Waals surface area contributed by atoms with E-state index in [2.05, 4.69) is 5.32 Å². The van der Waals surface area contributed by atoms with Gasteiger partial charge in [0.05, 0.1) is 0 Å². The van der Waals surface area contributed by atoms with Crippen LogP contribution >= 0.6 is 0 Å². The van der Waals surface area contributed by atoms with E-state index in [4.69, 9.17) is 10.5 Å². The third-order valence-corrected chi connectivity index (χ3v) is 2.59. The second-order valence-electron chi connectivity index (χ2n) is 3.96. The lowest BCUT2D eigenvalue weighted by molar-refractivity contribution is -0.124. The van der Waals surface area contributed by atoms with Gasteiger partial charge in [-0.05, 0) is 44.0 Å². The molecule has 0 spiro atoms. The molecule has 0 saturated heterocycles. The van der Waals surface area contributed by atoms with Crippen molar-refractivity contribution < 1.29 is 9.53 Å². The summed E-state index contributed by atoms with van der Waals surface area (Å²) in [4.78, 5) is 11.6. The Hall–Kier alpha value is -1.39. The van der Waals surface area contributed by atoms with Crippen LogP contribution in [0.1, 0.15) is 18.9 Å². The van der Waals surface area contributed by atoms with Crippen molar-refractivity contribution in [2.24, 2.45) is 5.73 Å². The monoisotopic (exact) mass is 236 g/mol. The SMILES string of the molecule is COC(C)C(=O)Nc1cccc(CCCN)c1. The van der Waals surface area contributed by atoms with E-state index in [-0.39, 0.29) is 5.91 Å². The predicted molar refractivity (Wildman–Crippen MR) is 68.9 cm³/mol. The molecule has 0 aliphatic rings. The molecule has 1 unspecified atom stereocenters. The van der Waals surface area contributed by atoms with Crippen molar-refractivity contribution in [1.29, 1.82) is 0 Å². The first-order valence-corrected chi connectivity index (χ1v) is 5.80. The van der Waals surface area contributed by atoms with E-state index >= 15 is 0 Å². The Morgan fingerprint density at radius 2 is 2.29 bits per heavy atom. The van der Waals surface area contributed by atoms with E-state index in [1.54, 1.807) is 6.92 Å². The van der Waals surface area contributed by atoms with Crippen molar-refractivity contribution in [3.63, 3.8) is 0 Å². The van der Waals surface area contributed by atoms with Crippen LogP contribution in [-0.4, -0.2) is 25.7 Å². The molecule has 0 aliphatic carbocycles. The van der Waals surface area contributed by atoms with Crippen molar-refractivity contribution in [2.75, 3.05) is 19.0 Å². The summed E-state index contributed by atoms with van der Waals surface area (Å²) in [6.07, 6.45) is 1.44. The van der Waals surface area contributed by atoms with E-state index in [0.29, 0.717) is 6.54 Å². The lowest BCUT2D eigenvalue weighted by Gasteiger charge is -2.11. The zero-order chi connectivity index (χ0) is 12.7. The molecule has 3 N–H and O–H groups in total. The molecule has 0 fully saturated rings. The van der Waals surface area contributed by atoms with E-state index < -0.39 is 6.10 Å². The van der Waals surface area contributed by atoms with Crippen LogP contribution in [0.15, 0.2) is 24.3 Å². The highest BCUT2D eigenvalue weighted by Gasteiger charge is 2.11. The highest BCUT2D eigenvalue weighted by atomic mass is 16.5. The fourth-order valence-corrected chi connectivity index (χ4v) is 1.46. The number of nitrogens with two attached hydrogens (primary N) is 1. The van der Waals surface area contributed by atoms with Gasteiger partial charge in [-0.15, -0.1) is 0 Å². The quantitative estimate of drug-likeness (QED) is 0.787. The topological polar surface area (TPSA) is 64.3 Å². The van der Waals surface area contributed by atoms with Gasteiger partial charge in [-0.2, -0.15) is 0 Å². The van der Waals surface area contributed by atoms with Gasteiger partial charge < -0.3 is 15.8 Å². The number of benzene rings is 1. The molecule has 1 amide bonds. The molecule has 1 aromatic rings. The zero-order valence-electron chi connectivity index (χ0n) is 10.4. The molecule has 4 nitrogen and oxygen atoms in total. The number of carbonyl (C=O) groups excluding carboxylic acids is 1. The number of hydrogen-bond acceptors (Lipinski definition) is 3. The Kier molecular flexibility index (Phi) is 5.66. The number of carbonyl (C=O) groups is 1. The van der Waals surface area contributed by atoms with Crippen LogP contribution in [0.25, 0.3) is 0 Å². The minimum atomic E-state index is -0.442. The van der Waals surface area contributed by atoms with Gasteiger partial charge in [-0.3, -0.25) is 4.79 Å². The van der Waals surface area contributed by atoms with Crippen LogP contribution in [0, 0.1) is 0 Å². The first-order valence-electron chi connectivity index (χ1n) is 5.80. The Bertz CT molecular complexity index is 366. The summed E-state index contributed by atoms with van der Waals surface area (Å²) in [7, 11) is 1.52. The molecule has 0 radical (unpaired) electrons. The van der Waals surface area contributed by atoms with E-state index in [0.717, 1.165) is 18.5 Å². The molecular weight excluding hydrogens is 216 g/mol. The molecule has 1 rings (SSSR count). The number of hydrogen-bond donors (Lipinski definition) is 2. The molecular formula is C13H20N2O2. The summed E-state index contributed by atoms with van der Waals surface area (Å²) in [6.45, 7) is 2.39. The van der Waals surface area contributed by atoms with Gasteiger partial charge in [0.15, 0.2) is 0 Å². The summed E-state index contributed by atoms with van der Waals surface area (Å²) in [5, 5.41) is 2.81. The summed E-state index contributed by atoms with van der Waals surface area (Å²) in [5.74, 6) is -0.136. The lowest BCUT2D eigenvalue weighted by Crippen LogP contribution is -2.26. The van der Waals surface area contributed by atoms with Gasteiger partial charge in [-0.25, -0.2) is 0 Å². The molecule has 0 bridgehead atoms. The largest absolute Gasteiger partial charge is 0.372 e. The highest BCUT2D eigenvalue weighted by Crippen LogP contribution is 2.12. The molecule has 0 aromatic heterocycles. The normalized spacial score (nSPS) is 12.2. The van der Waals surface area contributed by atoms with Gasteiger partial charge in [0, 0.05) is 12.8 Å². The molecule has 1 atom stereocenters. The number of nitrogens with one attached hydrogen (secondary N) is 1. The summed E-state index contributed by atoms with van der Waals surface area (Å²) in [6, 6.07) is 7.80. The average molecular weight is 236 g/mol. The third-order valence-electron chi connectivity index (χ3n) is 2.59. The number of rotatable bonds is 6. The van der Waals surface area contributed by atoms with Gasteiger partial charge in [0.2, 0.25) is 0 Å². The number of aryl methyl sites for hydroxylation is 1. The second-order valence-corrected chi connectivity index (χ2v) is 3.96. The van der Waals surface area contributed by atoms with Crippen molar-refractivity contribution in [3.05, 3.63) is 29.8 Å². The number of amides is 1. The third kappa shape index (κ3) is 4.54. The van der Waals surface area contributed by atoms with Crippen molar-refractivity contribution >= 4 is 11.6 Å². The van der Waals surface area contributed by atoms with E-state index in [1.165, 1.54) is 12.7 Å². The fourth-order valence-electron chi connectivity index (χ4n) is 1.46. The molecule has 1 aromatic carbocycles. The first-order chi connectivity index (χ1) is 8.17. The van der Waals surface area contributed by atoms with Gasteiger partial charge in [-0.1, -0.05) is 12.1 Å². The van der Waals surface area contributed by atoms with Crippen LogP contribution in [0.4, 0.5) is 5.69 Å². The maximum Gasteiger partial charge on any atom is 0.253 e. The van der Waals surface area contributed by atoms with Gasteiger partial charge in [0.25, 0.3) is 5.91 Å². The zero-order valence-corrected chi connectivity index (χ0v) is 10.4. The van der Waals surface area contributed by atoms with Crippen molar-refractivity contribution in [2.45, 2.75) is 25.9 Å². The maximum atomic E-state index is 11.6. The Labute approximate surface area is 102 Å². The van der Waals surface area contributed by atoms with Crippen molar-refractivity contribution in [1.82, 2.24) is 0 Å². The van der Waals surface area contributed by atoms with Crippen LogP contribution in [0.2, 0.25) is 0 Å². The van der Waals surface area contributed by atoms with Crippen LogP contribution in [0.5, 0.6) is 0 Å². The fraction of sp³-hybridized carbons (Fsp3) is 0.462. The standard InChI is InChI=1S/C13H20N2O2/c1-10(17-2)13(16)15-12-7-3-5-11(9-12)6-4-8-14/h3,5,7,9-10H,4,6,8,14H2,1-2H3,(H,15,16). The van der Waals surface area contributed by atoms with Crippen LogP contribution < -0.4 is 11.1 Å². The summed E-state index contributed by atoms with van der Waals surface area (Å²) < 4.78 is 4.95. The average Bonchev–Trinajstić information content (AvgIpc) is 2.35. The Morgan fingerprint density at radius 3 is 2.94 bits per heavy atom. The van der Waals surface area contributed by atoms with Crippen molar-refractivity contribution in [3.8, 4) is 0 Å². The first kappa shape index (κ1) is 13.7. The minimum Gasteiger partial charge on any atom is -0.372 e. The summed E-state index contributed by atoms with van der Waals surface area (Å²) in [5.41, 5.74) is 7.45. The molecule has 4 heteroatoms. The Morgan fingerprint density at radius 1 is 1.53 bits per heavy atom. The molecule has 17 heavy (non-hydrogen) atoms. The van der Waals surface area contributed by atoms with Gasteiger partial charge >= 0.3 is 0 Å². The number of ether oxygens (including phenoxy) is 1. The minimum absolute atomic E-state index is 0.136. The van der Waals surface area contributed by atoms with Crippen LogP contribution in [-0.2, 0) is 16.0 Å². The highest BCUT2D eigenvalue weighted by molar-refractivity contribution is 5.93. The van der Waals surface area contributed by atoms with Gasteiger partial charge in [0.1, 0.15) is 6.10 Å². The molecule has 94 valence electrons. The number of methoxy groups -OCH3 is 1. The molecule has 0 saturated carbocycles. The Balaban J connectivity index is 2.62. The number of anilines is 1. The molecule has 0 aliphatic heterocycles. The summed E-state index contributed by atoms with van der Waals surface area (Å²) >= 11 is 0. The predicted octanol–water partition coefficient (Wildman–Crippen LogP) is 1.55. The smallest absolute Gasteiger partial charge is 0.253 e. The lowest BCUT2D eigenvalue weighted by atomic mass is 10.1. The molecule has 0 heterocycles. The van der Waals surface area contributed by atoms with Crippen LogP contribution in [0.3, 0.4) is 0 Å². The van der Waals surface area contributed by atoms with E-state index in [1.807, 2.05) is 24.3 Å². The van der Waals surface area contributed by atoms with E-state index in [9.17, 15) is 4.79 Å².